The minimum Gasteiger partial charge on any atom is -0.507 e. The van der Waals surface area contributed by atoms with E-state index in [0.717, 1.165) is 59.1 Å². The van der Waals surface area contributed by atoms with Crippen molar-refractivity contribution in [1.82, 2.24) is 0 Å². The molecule has 8 heteroatoms. The Morgan fingerprint density at radius 1 is 0.600 bits per heavy atom. The monoisotopic (exact) mass is 698 g/mol. The highest BCUT2D eigenvalue weighted by Crippen LogP contribution is 2.45. The van der Waals surface area contributed by atoms with Gasteiger partial charge in [0.1, 0.15) is 24.7 Å². The van der Waals surface area contributed by atoms with Gasteiger partial charge in [0.2, 0.25) is 0 Å². The topological polar surface area (TPSA) is 112 Å². The Bertz CT molecular complexity index is 1250. The van der Waals surface area contributed by atoms with Crippen LogP contribution in [0.3, 0.4) is 0 Å². The normalized spacial score (nSPS) is 13.2. The van der Waals surface area contributed by atoms with E-state index in [1.165, 1.54) is 0 Å². The van der Waals surface area contributed by atoms with Crippen LogP contribution in [0.25, 0.3) is 0 Å². The van der Waals surface area contributed by atoms with Crippen molar-refractivity contribution >= 4 is 11.9 Å². The number of phenols is 2. The maximum Gasteiger partial charge on any atom is 0.306 e. The van der Waals surface area contributed by atoms with Crippen molar-refractivity contribution in [1.29, 1.82) is 0 Å². The van der Waals surface area contributed by atoms with Crippen molar-refractivity contribution in [2.75, 3.05) is 39.6 Å². The molecule has 2 N–H and O–H groups in total. The third-order valence-corrected chi connectivity index (χ3v) is 9.36. The molecule has 2 atom stereocenters. The molecule has 0 aromatic heterocycles. The molecule has 0 fully saturated rings. The number of carbonyl (C=O) groups excluding carboxylic acids is 2. The van der Waals surface area contributed by atoms with Crippen LogP contribution in [0, 0.1) is 24.7 Å². The van der Waals surface area contributed by atoms with Gasteiger partial charge in [-0.15, -0.1) is 0 Å². The summed E-state index contributed by atoms with van der Waals surface area (Å²) in [5, 5.41) is 21.6. The van der Waals surface area contributed by atoms with Crippen LogP contribution in [-0.2, 0) is 41.4 Å². The van der Waals surface area contributed by atoms with Crippen LogP contribution in [0.2, 0.25) is 0 Å². The number of hydrogen-bond acceptors (Lipinski definition) is 8. The fourth-order valence-electron chi connectivity index (χ4n) is 6.66. The molecule has 282 valence electrons. The van der Waals surface area contributed by atoms with Crippen LogP contribution >= 0.6 is 0 Å². The number of esters is 2. The number of aromatic hydroxyl groups is 2. The van der Waals surface area contributed by atoms with Gasteiger partial charge in [0, 0.05) is 12.8 Å². The molecule has 2 rings (SSSR count). The smallest absolute Gasteiger partial charge is 0.306 e. The van der Waals surface area contributed by atoms with Crippen molar-refractivity contribution < 1.29 is 38.7 Å². The van der Waals surface area contributed by atoms with Crippen molar-refractivity contribution in [2.24, 2.45) is 10.8 Å². The second kappa shape index (κ2) is 20.7. The van der Waals surface area contributed by atoms with Gasteiger partial charge in [-0.25, -0.2) is 0 Å². The first-order chi connectivity index (χ1) is 23.5. The molecule has 0 saturated heterocycles. The maximum atomic E-state index is 12.4. The van der Waals surface area contributed by atoms with E-state index in [0.29, 0.717) is 37.6 Å². The summed E-state index contributed by atoms with van der Waals surface area (Å²) in [4.78, 5) is 24.7. The van der Waals surface area contributed by atoms with Crippen LogP contribution in [0.1, 0.15) is 139 Å². The van der Waals surface area contributed by atoms with E-state index < -0.39 is 0 Å². The molecule has 0 bridgehead atoms. The number of ether oxygens (including phenoxy) is 4. The lowest BCUT2D eigenvalue weighted by Gasteiger charge is -2.32. The van der Waals surface area contributed by atoms with Crippen LogP contribution < -0.4 is 0 Å². The van der Waals surface area contributed by atoms with E-state index in [-0.39, 0.29) is 73.9 Å². The average molecular weight is 699 g/mol. The van der Waals surface area contributed by atoms with Crippen LogP contribution in [0.5, 0.6) is 11.5 Å². The predicted molar refractivity (Wildman–Crippen MR) is 200 cm³/mol. The fourth-order valence-corrected chi connectivity index (χ4v) is 6.66. The van der Waals surface area contributed by atoms with Gasteiger partial charge in [-0.1, -0.05) is 92.5 Å². The lowest BCUT2D eigenvalue weighted by Crippen LogP contribution is -2.19. The summed E-state index contributed by atoms with van der Waals surface area (Å²) in [5.41, 5.74) is 5.66. The molecule has 0 aliphatic carbocycles. The number of phenolic OH excluding ortho intramolecular Hbond substituents is 2. The highest BCUT2D eigenvalue weighted by Gasteiger charge is 2.30. The zero-order valence-electron chi connectivity index (χ0n) is 32.7. The van der Waals surface area contributed by atoms with E-state index in [9.17, 15) is 19.8 Å². The van der Waals surface area contributed by atoms with E-state index >= 15 is 0 Å². The molecule has 0 aliphatic rings. The van der Waals surface area contributed by atoms with Crippen LogP contribution in [-0.4, -0.2) is 61.8 Å². The molecule has 0 aliphatic heterocycles. The van der Waals surface area contributed by atoms with Gasteiger partial charge >= 0.3 is 11.9 Å². The highest BCUT2D eigenvalue weighted by molar-refractivity contribution is 5.70. The summed E-state index contributed by atoms with van der Waals surface area (Å²) >= 11 is 0. The highest BCUT2D eigenvalue weighted by atomic mass is 16.6. The summed E-state index contributed by atoms with van der Waals surface area (Å²) in [5.74, 6) is 0.598. The van der Waals surface area contributed by atoms with E-state index in [1.807, 2.05) is 26.0 Å². The van der Waals surface area contributed by atoms with Crippen molar-refractivity contribution in [3.63, 3.8) is 0 Å². The zero-order chi connectivity index (χ0) is 37.5. The molecule has 0 radical (unpaired) electrons. The van der Waals surface area contributed by atoms with Gasteiger partial charge in [-0.2, -0.15) is 0 Å². The Hall–Kier alpha value is -3.10. The molecule has 0 spiro atoms. The third kappa shape index (κ3) is 14.3. The third-order valence-electron chi connectivity index (χ3n) is 9.36. The maximum absolute atomic E-state index is 12.4. The minimum absolute atomic E-state index is 0.0143. The minimum atomic E-state index is -0.286. The second-order valence-corrected chi connectivity index (χ2v) is 15.8. The van der Waals surface area contributed by atoms with Gasteiger partial charge in [-0.3, -0.25) is 9.59 Å². The Labute approximate surface area is 302 Å². The van der Waals surface area contributed by atoms with Crippen molar-refractivity contribution in [3.05, 3.63) is 57.6 Å². The molecular formula is C42H66O8. The molecular weight excluding hydrogens is 632 g/mol. The Morgan fingerprint density at radius 3 is 1.26 bits per heavy atom. The van der Waals surface area contributed by atoms with E-state index in [1.54, 1.807) is 0 Å². The average Bonchev–Trinajstić information content (AvgIpc) is 3.03. The largest absolute Gasteiger partial charge is 0.507 e. The summed E-state index contributed by atoms with van der Waals surface area (Å²) in [6.45, 7) is 22.9. The van der Waals surface area contributed by atoms with E-state index in [2.05, 4.69) is 67.5 Å². The second-order valence-electron chi connectivity index (χ2n) is 15.8. The first kappa shape index (κ1) is 43.1. The summed E-state index contributed by atoms with van der Waals surface area (Å²) < 4.78 is 21.7. The molecule has 8 nitrogen and oxygen atoms in total. The SMILES string of the molecule is CCCC(c1cc(CCC(=O)OCCOCCOCCOC(=O)CCc2cc(C)c(O)c(C(CCC)C(C)(C)C)c2)cc(C)c1O)C(C)(C)C. The summed E-state index contributed by atoms with van der Waals surface area (Å²) in [6, 6.07) is 8.00. The molecule has 2 aromatic carbocycles. The van der Waals surface area contributed by atoms with Crippen LogP contribution in [0.4, 0.5) is 0 Å². The van der Waals surface area contributed by atoms with Gasteiger partial charge < -0.3 is 29.2 Å². The quantitative estimate of drug-likeness (QED) is 0.0981. The van der Waals surface area contributed by atoms with Crippen molar-refractivity contribution in [3.8, 4) is 11.5 Å². The number of rotatable bonds is 21. The van der Waals surface area contributed by atoms with Crippen LogP contribution in [0.15, 0.2) is 24.3 Å². The number of benzene rings is 2. The number of hydrogen-bond donors (Lipinski definition) is 2. The first-order valence-electron chi connectivity index (χ1n) is 18.6. The zero-order valence-corrected chi connectivity index (χ0v) is 32.7. The Morgan fingerprint density at radius 2 is 0.940 bits per heavy atom. The number of aryl methyl sites for hydroxylation is 4. The first-order valence-corrected chi connectivity index (χ1v) is 18.6. The molecule has 50 heavy (non-hydrogen) atoms. The summed E-state index contributed by atoms with van der Waals surface area (Å²) in [7, 11) is 0. The van der Waals surface area contributed by atoms with Crippen molar-refractivity contribution in [2.45, 2.75) is 132 Å². The van der Waals surface area contributed by atoms with Gasteiger partial charge in [0.05, 0.1) is 26.4 Å². The lowest BCUT2D eigenvalue weighted by molar-refractivity contribution is -0.146. The molecule has 0 saturated carbocycles. The fraction of sp³-hybridized carbons (Fsp3) is 0.667. The standard InChI is InChI=1S/C42H66O8/c1-11-13-35(41(5,6)7)33-27-31(25-29(3)39(33)45)15-17-37(43)49-23-21-47-19-20-48-22-24-50-38(44)18-16-32-26-30(4)40(46)34(28-32)36(14-12-2)42(8,9)10/h25-28,35-36,45-46H,11-24H2,1-10H3. The van der Waals surface area contributed by atoms with Gasteiger partial charge in [0.15, 0.2) is 0 Å². The molecule has 0 heterocycles. The van der Waals surface area contributed by atoms with Gasteiger partial charge in [0.25, 0.3) is 0 Å². The van der Waals surface area contributed by atoms with E-state index in [4.69, 9.17) is 18.9 Å². The Balaban J connectivity index is 1.63. The van der Waals surface area contributed by atoms with Gasteiger partial charge in [-0.05, 0) is 95.6 Å². The molecule has 2 aromatic rings. The summed E-state index contributed by atoms with van der Waals surface area (Å²) in [6.07, 6.45) is 5.64. The number of carbonyl (C=O) groups is 2. The lowest BCUT2D eigenvalue weighted by atomic mass is 9.73. The Kier molecular flexibility index (Phi) is 17.8. The predicted octanol–water partition coefficient (Wildman–Crippen LogP) is 9.26. The molecule has 0 amide bonds. The molecule has 2 unspecified atom stereocenters.